The molecule has 8 heteroatoms. The average molecular weight is 312 g/mol. The van der Waals surface area contributed by atoms with Crippen LogP contribution in [-0.2, 0) is 20.7 Å². The van der Waals surface area contributed by atoms with Gasteiger partial charge in [0.25, 0.3) is 10.0 Å². The smallest absolute Gasteiger partial charge is 0.261 e. The lowest BCUT2D eigenvalue weighted by Crippen LogP contribution is -2.12. The molecule has 0 bridgehead atoms. The molecule has 3 N–H and O–H groups in total. The Hall–Kier alpha value is -2.06. The van der Waals surface area contributed by atoms with Gasteiger partial charge in [0.1, 0.15) is 0 Å². The standard InChI is InChI=1S/C12H12N2O4S2/c13-9-1-7-12(8-2-9)20(17,18)14-10-3-5-11(6-4-10)19(15)16/h1-8,14,19H,13H2. The lowest BCUT2D eigenvalue weighted by Gasteiger charge is -2.08. The molecule has 0 saturated carbocycles. The highest BCUT2D eigenvalue weighted by molar-refractivity contribution is 7.92. The second-order valence-electron chi connectivity index (χ2n) is 3.98. The number of rotatable bonds is 4. The first kappa shape index (κ1) is 14.4. The van der Waals surface area contributed by atoms with Gasteiger partial charge < -0.3 is 5.73 Å². The predicted octanol–water partition coefficient (Wildman–Crippen LogP) is 1.04. The van der Waals surface area contributed by atoms with E-state index in [0.717, 1.165) is 0 Å². The third kappa shape index (κ3) is 3.28. The number of thiol groups is 1. The van der Waals surface area contributed by atoms with Crippen LogP contribution in [0, 0.1) is 0 Å². The van der Waals surface area contributed by atoms with E-state index < -0.39 is 20.7 Å². The van der Waals surface area contributed by atoms with Crippen molar-refractivity contribution >= 4 is 32.1 Å². The van der Waals surface area contributed by atoms with Crippen molar-refractivity contribution in [2.75, 3.05) is 10.5 Å². The molecule has 2 rings (SSSR count). The van der Waals surface area contributed by atoms with E-state index in [4.69, 9.17) is 5.73 Å². The van der Waals surface area contributed by atoms with E-state index in [9.17, 15) is 16.8 Å². The Bertz CT molecular complexity index is 771. The van der Waals surface area contributed by atoms with Crippen molar-refractivity contribution in [1.29, 1.82) is 0 Å². The highest BCUT2D eigenvalue weighted by Gasteiger charge is 2.13. The van der Waals surface area contributed by atoms with Crippen molar-refractivity contribution in [1.82, 2.24) is 0 Å². The summed E-state index contributed by atoms with van der Waals surface area (Å²) in [6.45, 7) is 0. The van der Waals surface area contributed by atoms with Gasteiger partial charge in [-0.15, -0.1) is 0 Å². The normalized spacial score (nSPS) is 11.4. The van der Waals surface area contributed by atoms with E-state index in [-0.39, 0.29) is 15.5 Å². The highest BCUT2D eigenvalue weighted by atomic mass is 32.2. The van der Waals surface area contributed by atoms with Gasteiger partial charge in [-0.3, -0.25) is 4.72 Å². The van der Waals surface area contributed by atoms with Gasteiger partial charge >= 0.3 is 0 Å². The molecule has 0 fully saturated rings. The highest BCUT2D eigenvalue weighted by Crippen LogP contribution is 2.18. The summed E-state index contributed by atoms with van der Waals surface area (Å²) >= 11 is 0. The van der Waals surface area contributed by atoms with Gasteiger partial charge in [0.05, 0.1) is 9.79 Å². The maximum atomic E-state index is 12.1. The fourth-order valence-corrected chi connectivity index (χ4v) is 2.96. The zero-order valence-electron chi connectivity index (χ0n) is 10.2. The molecular weight excluding hydrogens is 300 g/mol. The van der Waals surface area contributed by atoms with Gasteiger partial charge in [0.2, 0.25) is 0 Å². The van der Waals surface area contributed by atoms with E-state index in [2.05, 4.69) is 4.72 Å². The summed E-state index contributed by atoms with van der Waals surface area (Å²) in [7, 11) is -6.40. The minimum atomic E-state index is -3.72. The molecule has 2 aromatic rings. The van der Waals surface area contributed by atoms with E-state index in [1.165, 1.54) is 48.5 Å². The molecule has 20 heavy (non-hydrogen) atoms. The summed E-state index contributed by atoms with van der Waals surface area (Å²) in [6.07, 6.45) is 0. The molecular formula is C12H12N2O4S2. The Morgan fingerprint density at radius 1 is 0.900 bits per heavy atom. The van der Waals surface area contributed by atoms with Crippen LogP contribution >= 0.6 is 0 Å². The van der Waals surface area contributed by atoms with Crippen LogP contribution in [0.25, 0.3) is 0 Å². The number of nitrogens with one attached hydrogen (secondary N) is 1. The molecule has 6 nitrogen and oxygen atoms in total. The van der Waals surface area contributed by atoms with Gasteiger partial charge in [0, 0.05) is 11.4 Å². The summed E-state index contributed by atoms with van der Waals surface area (Å²) in [5, 5.41) is 0. The van der Waals surface area contributed by atoms with Crippen molar-refractivity contribution in [3.8, 4) is 0 Å². The molecule has 0 unspecified atom stereocenters. The summed E-state index contributed by atoms with van der Waals surface area (Å²) in [6, 6.07) is 11.2. The van der Waals surface area contributed by atoms with Gasteiger partial charge in [-0.2, -0.15) is 0 Å². The van der Waals surface area contributed by atoms with Crippen molar-refractivity contribution in [3.05, 3.63) is 48.5 Å². The molecule has 0 aromatic heterocycles. The van der Waals surface area contributed by atoms with Gasteiger partial charge in [-0.05, 0) is 48.5 Å². The molecule has 2 aromatic carbocycles. The maximum Gasteiger partial charge on any atom is 0.261 e. The topological polar surface area (TPSA) is 106 Å². The number of hydrogen-bond acceptors (Lipinski definition) is 5. The number of benzene rings is 2. The first-order chi connectivity index (χ1) is 9.38. The first-order valence-electron chi connectivity index (χ1n) is 5.51. The third-order valence-electron chi connectivity index (χ3n) is 2.52. The number of sulfonamides is 1. The Balaban J connectivity index is 2.26. The third-order valence-corrected chi connectivity index (χ3v) is 4.64. The van der Waals surface area contributed by atoms with E-state index in [1.807, 2.05) is 0 Å². The fourth-order valence-electron chi connectivity index (χ4n) is 1.51. The molecule has 0 amide bonds. The number of anilines is 2. The molecule has 0 radical (unpaired) electrons. The monoisotopic (exact) mass is 312 g/mol. The number of hydrogen-bond donors (Lipinski definition) is 3. The lowest BCUT2D eigenvalue weighted by atomic mass is 10.3. The van der Waals surface area contributed by atoms with Crippen LogP contribution in [-0.4, -0.2) is 16.8 Å². The Labute approximate surface area is 118 Å². The average Bonchev–Trinajstić information content (AvgIpc) is 2.39. The molecule has 0 aliphatic rings. The Morgan fingerprint density at radius 2 is 1.45 bits per heavy atom. The largest absolute Gasteiger partial charge is 0.399 e. The van der Waals surface area contributed by atoms with Gasteiger partial charge in [-0.1, -0.05) is 0 Å². The Kier molecular flexibility index (Phi) is 3.96. The van der Waals surface area contributed by atoms with Crippen LogP contribution in [0.15, 0.2) is 58.3 Å². The zero-order valence-corrected chi connectivity index (χ0v) is 11.9. The molecule has 0 heterocycles. The van der Waals surface area contributed by atoms with Crippen LogP contribution in [0.2, 0.25) is 0 Å². The van der Waals surface area contributed by atoms with Crippen molar-refractivity contribution in [2.24, 2.45) is 0 Å². The number of nitrogen functional groups attached to an aromatic ring is 1. The van der Waals surface area contributed by atoms with Crippen LogP contribution < -0.4 is 10.5 Å². The first-order valence-corrected chi connectivity index (χ1v) is 8.17. The van der Waals surface area contributed by atoms with Crippen molar-refractivity contribution in [2.45, 2.75) is 9.79 Å². The summed E-state index contributed by atoms with van der Waals surface area (Å²) in [4.78, 5) is 0.195. The quantitative estimate of drug-likeness (QED) is 0.578. The van der Waals surface area contributed by atoms with Crippen LogP contribution in [0.5, 0.6) is 0 Å². The molecule has 0 atom stereocenters. The maximum absolute atomic E-state index is 12.1. The summed E-state index contributed by atoms with van der Waals surface area (Å²) in [5.74, 6) is 0. The van der Waals surface area contributed by atoms with Crippen LogP contribution in [0.1, 0.15) is 0 Å². The van der Waals surface area contributed by atoms with Crippen LogP contribution in [0.3, 0.4) is 0 Å². The van der Waals surface area contributed by atoms with Crippen LogP contribution in [0.4, 0.5) is 11.4 Å². The fraction of sp³-hybridized carbons (Fsp3) is 0. The van der Waals surface area contributed by atoms with E-state index in [0.29, 0.717) is 5.69 Å². The van der Waals surface area contributed by atoms with E-state index >= 15 is 0 Å². The predicted molar refractivity (Wildman–Crippen MR) is 76.7 cm³/mol. The number of nitrogens with two attached hydrogens (primary N) is 1. The molecule has 0 aliphatic heterocycles. The van der Waals surface area contributed by atoms with Crippen molar-refractivity contribution in [3.63, 3.8) is 0 Å². The SMILES string of the molecule is Nc1ccc(S(=O)(=O)Nc2ccc([SH](=O)=O)cc2)cc1. The molecule has 106 valence electrons. The van der Waals surface area contributed by atoms with Gasteiger partial charge in [-0.25, -0.2) is 16.8 Å². The second-order valence-corrected chi connectivity index (χ2v) is 6.69. The summed E-state index contributed by atoms with van der Waals surface area (Å²) in [5.41, 5.74) is 6.24. The molecule has 0 aliphatic carbocycles. The molecule has 0 spiro atoms. The van der Waals surface area contributed by atoms with E-state index in [1.54, 1.807) is 0 Å². The zero-order chi connectivity index (χ0) is 14.8. The van der Waals surface area contributed by atoms with Gasteiger partial charge in [0.15, 0.2) is 10.7 Å². The minimum absolute atomic E-state index is 0.0747. The van der Waals surface area contributed by atoms with Crippen molar-refractivity contribution < 1.29 is 16.8 Å². The Morgan fingerprint density at radius 3 is 1.95 bits per heavy atom. The minimum Gasteiger partial charge on any atom is -0.399 e. The second kappa shape index (κ2) is 5.51. The summed E-state index contributed by atoms with van der Waals surface area (Å²) < 4.78 is 48.0. The lowest BCUT2D eigenvalue weighted by molar-refractivity contribution is 0.601. The molecule has 0 saturated heterocycles.